The van der Waals surface area contributed by atoms with Gasteiger partial charge >= 0.3 is 0 Å². The third-order valence-corrected chi connectivity index (χ3v) is 13.3. The van der Waals surface area contributed by atoms with Crippen molar-refractivity contribution in [3.8, 4) is 11.8 Å². The zero-order valence-corrected chi connectivity index (χ0v) is 33.1. The summed E-state index contributed by atoms with van der Waals surface area (Å²) in [6, 6.07) is 20.0. The van der Waals surface area contributed by atoms with E-state index in [0.717, 1.165) is 99.9 Å². The van der Waals surface area contributed by atoms with Crippen LogP contribution in [-0.4, -0.2) is 109 Å². The molecule has 0 bridgehead atoms. The molecule has 1 N–H and O–H groups in total. The van der Waals surface area contributed by atoms with Crippen LogP contribution in [0.3, 0.4) is 0 Å². The number of rotatable bonds is 8. The summed E-state index contributed by atoms with van der Waals surface area (Å²) in [7, 11) is 1.51. The molecule has 298 valence electrons. The highest BCUT2D eigenvalue weighted by Crippen LogP contribution is 2.48. The molecule has 5 amide bonds. The minimum atomic E-state index is -0.975. The Morgan fingerprint density at radius 1 is 0.793 bits per heavy atom. The van der Waals surface area contributed by atoms with Crippen molar-refractivity contribution in [3.63, 3.8) is 0 Å². The number of piperazine rings is 1. The Hall–Kier alpha value is -5.85. The Labute approximate surface area is 341 Å². The van der Waals surface area contributed by atoms with Gasteiger partial charge in [0.1, 0.15) is 23.4 Å². The van der Waals surface area contributed by atoms with Crippen molar-refractivity contribution in [1.82, 2.24) is 15.1 Å². The second kappa shape index (κ2) is 14.8. The number of carbonyl (C=O) groups excluding carboxylic acids is 5. The summed E-state index contributed by atoms with van der Waals surface area (Å²) >= 11 is 5.98. The summed E-state index contributed by atoms with van der Waals surface area (Å²) in [5, 5.41) is 12.1. The summed E-state index contributed by atoms with van der Waals surface area (Å²) in [6.07, 6.45) is 4.80. The number of nitrogens with zero attached hydrogens (tertiary/aromatic N) is 7. The van der Waals surface area contributed by atoms with E-state index < -0.39 is 35.2 Å². The fourth-order valence-corrected chi connectivity index (χ4v) is 9.98. The van der Waals surface area contributed by atoms with Crippen molar-refractivity contribution < 1.29 is 28.7 Å². The molecule has 58 heavy (non-hydrogen) atoms. The summed E-state index contributed by atoms with van der Waals surface area (Å²) in [4.78, 5) is 76.4. The van der Waals surface area contributed by atoms with Gasteiger partial charge in [0.25, 0.3) is 17.7 Å². The maximum Gasteiger partial charge on any atom is 0.262 e. The van der Waals surface area contributed by atoms with Crippen LogP contribution in [0.2, 0.25) is 0 Å². The Bertz CT molecular complexity index is 2270. The molecule has 5 heterocycles. The van der Waals surface area contributed by atoms with E-state index in [4.69, 9.17) is 17.0 Å². The number of ether oxygens (including phenoxy) is 1. The first kappa shape index (κ1) is 37.7. The van der Waals surface area contributed by atoms with E-state index in [0.29, 0.717) is 39.2 Å². The molecule has 1 aliphatic carbocycles. The number of fused-ring (bicyclic) bond motifs is 1. The highest BCUT2D eigenvalue weighted by atomic mass is 32.1. The van der Waals surface area contributed by atoms with E-state index in [1.54, 1.807) is 35.2 Å². The van der Waals surface area contributed by atoms with Crippen LogP contribution in [0, 0.1) is 17.2 Å². The zero-order valence-electron chi connectivity index (χ0n) is 32.3. The second-order valence-corrected chi connectivity index (χ2v) is 16.4. The first-order chi connectivity index (χ1) is 28.1. The highest BCUT2D eigenvalue weighted by Gasteiger charge is 2.59. The molecule has 5 aliphatic heterocycles. The molecule has 1 atom stereocenters. The van der Waals surface area contributed by atoms with E-state index in [-0.39, 0.29) is 18.7 Å². The van der Waals surface area contributed by atoms with Crippen LogP contribution in [0.15, 0.2) is 60.7 Å². The molecule has 1 spiro atoms. The zero-order chi connectivity index (χ0) is 40.3. The van der Waals surface area contributed by atoms with Gasteiger partial charge in [-0.25, -0.2) is 0 Å². The molecule has 4 saturated heterocycles. The lowest BCUT2D eigenvalue weighted by atomic mass is 9.75. The van der Waals surface area contributed by atoms with Gasteiger partial charge in [-0.1, -0.05) is 0 Å². The molecule has 0 radical (unpaired) electrons. The van der Waals surface area contributed by atoms with Gasteiger partial charge in [0.15, 0.2) is 5.11 Å². The minimum Gasteiger partial charge on any atom is -0.495 e. The van der Waals surface area contributed by atoms with E-state index in [1.807, 2.05) is 11.0 Å². The topological polar surface area (TPSA) is 150 Å². The van der Waals surface area contributed by atoms with Crippen molar-refractivity contribution in [2.24, 2.45) is 5.92 Å². The minimum absolute atomic E-state index is 0.0411. The molecule has 0 aromatic heterocycles. The quantitative estimate of drug-likeness (QED) is 0.259. The lowest BCUT2D eigenvalue weighted by Gasteiger charge is -2.43. The predicted octanol–water partition coefficient (Wildman–Crippen LogP) is 4.07. The number of carbonyl (C=O) groups is 5. The van der Waals surface area contributed by atoms with Crippen LogP contribution in [0.1, 0.15) is 71.2 Å². The number of piperidine rings is 2. The number of benzene rings is 3. The van der Waals surface area contributed by atoms with Gasteiger partial charge in [-0.2, -0.15) is 5.26 Å². The maximum absolute atomic E-state index is 14.0. The van der Waals surface area contributed by atoms with Crippen LogP contribution in [-0.2, 0) is 14.4 Å². The van der Waals surface area contributed by atoms with Gasteiger partial charge in [0, 0.05) is 75.4 Å². The molecule has 6 aliphatic rings. The Balaban J connectivity index is 0.782. The number of imide groups is 2. The average Bonchev–Trinajstić information content (AvgIpc) is 3.62. The fourth-order valence-electron chi connectivity index (χ4n) is 9.52. The van der Waals surface area contributed by atoms with E-state index in [9.17, 15) is 29.2 Å². The molecule has 5 fully saturated rings. The number of nitrogens with one attached hydrogen (secondary N) is 1. The Morgan fingerprint density at radius 2 is 1.45 bits per heavy atom. The lowest BCUT2D eigenvalue weighted by molar-refractivity contribution is -0.136. The van der Waals surface area contributed by atoms with Gasteiger partial charge in [-0.05, 0) is 111 Å². The largest absolute Gasteiger partial charge is 0.495 e. The van der Waals surface area contributed by atoms with E-state index >= 15 is 0 Å². The molecule has 3 aromatic rings. The molecule has 15 heteroatoms. The molecule has 9 rings (SSSR count). The van der Waals surface area contributed by atoms with Gasteiger partial charge < -0.3 is 19.4 Å². The molecule has 14 nitrogen and oxygen atoms in total. The first-order valence-corrected chi connectivity index (χ1v) is 20.5. The predicted molar refractivity (Wildman–Crippen MR) is 220 cm³/mol. The standard InChI is InChI=1S/C43H44N8O6S/c1-57-36-24-32(4-3-28(36)25-44)49-41(56)43(15-2-16-43)51(42(49)58)30-7-5-29(6-8-30)47-17-13-27(14-18-47)26-46-19-21-48(22-20-46)31-9-10-33-34(23-31)40(55)50(39(33)54)35-11-12-37(52)45-38(35)53/h3-10,23-24,27,35H,2,11-22,26H2,1H3,(H,45,52,53). The number of nitriles is 1. The van der Waals surface area contributed by atoms with Crippen LogP contribution >= 0.6 is 12.2 Å². The normalized spacial score (nSPS) is 22.4. The van der Waals surface area contributed by atoms with Gasteiger partial charge in [-0.15, -0.1) is 0 Å². The monoisotopic (exact) mass is 800 g/mol. The number of methoxy groups -OCH3 is 1. The smallest absolute Gasteiger partial charge is 0.262 e. The van der Waals surface area contributed by atoms with Crippen LogP contribution < -0.4 is 29.7 Å². The van der Waals surface area contributed by atoms with Crippen LogP contribution in [0.25, 0.3) is 0 Å². The number of anilines is 4. The average molecular weight is 801 g/mol. The summed E-state index contributed by atoms with van der Waals surface area (Å²) in [5.74, 6) is -1.03. The SMILES string of the molecule is COc1cc(N2C(=O)C3(CCC3)N(c3ccc(N4CCC(CN5CCN(c6ccc7c(c6)C(=O)N(C6CCC(=O)NC6=O)C7=O)CC5)CC4)cc3)C2=S)ccc1C#N. The van der Waals surface area contributed by atoms with Crippen molar-refractivity contribution in [1.29, 1.82) is 5.26 Å². The van der Waals surface area contributed by atoms with Crippen molar-refractivity contribution in [2.45, 2.75) is 56.5 Å². The first-order valence-electron chi connectivity index (χ1n) is 20.0. The third-order valence-electron chi connectivity index (χ3n) is 12.9. The number of hydrogen-bond acceptors (Lipinski definition) is 11. The van der Waals surface area contributed by atoms with Gasteiger partial charge in [0.05, 0.1) is 29.5 Å². The van der Waals surface area contributed by atoms with E-state index in [2.05, 4.69) is 50.4 Å². The van der Waals surface area contributed by atoms with Gasteiger partial charge in [0.2, 0.25) is 11.8 Å². The number of thiocarbonyl (C=S) groups is 1. The maximum atomic E-state index is 14.0. The number of amides is 5. The third kappa shape index (κ3) is 6.26. The molecular formula is C43H44N8O6S. The van der Waals surface area contributed by atoms with Crippen LogP contribution in [0.5, 0.6) is 5.75 Å². The Kier molecular flexibility index (Phi) is 9.64. The molecule has 1 saturated carbocycles. The lowest BCUT2D eigenvalue weighted by Crippen LogP contribution is -2.55. The van der Waals surface area contributed by atoms with Crippen molar-refractivity contribution in [3.05, 3.63) is 77.4 Å². The Morgan fingerprint density at radius 3 is 2.10 bits per heavy atom. The van der Waals surface area contributed by atoms with Crippen molar-refractivity contribution >= 4 is 69.6 Å². The van der Waals surface area contributed by atoms with Crippen molar-refractivity contribution in [2.75, 3.05) is 72.5 Å². The number of hydrogen-bond donors (Lipinski definition) is 1. The van der Waals surface area contributed by atoms with E-state index in [1.165, 1.54) is 7.11 Å². The fraction of sp³-hybridized carbons (Fsp3) is 0.419. The molecule has 1 unspecified atom stereocenters. The van der Waals surface area contributed by atoms with Crippen LogP contribution in [0.4, 0.5) is 22.7 Å². The summed E-state index contributed by atoms with van der Waals surface area (Å²) < 4.78 is 5.42. The highest BCUT2D eigenvalue weighted by molar-refractivity contribution is 7.81. The molecule has 3 aromatic carbocycles. The van der Waals surface area contributed by atoms with Gasteiger partial charge in [-0.3, -0.25) is 44.0 Å². The molecular weight excluding hydrogens is 757 g/mol. The summed E-state index contributed by atoms with van der Waals surface area (Å²) in [6.45, 7) is 6.34. The second-order valence-electron chi connectivity index (χ2n) is 16.1. The summed E-state index contributed by atoms with van der Waals surface area (Å²) in [5.41, 5.74) is 3.82.